The Morgan fingerprint density at radius 2 is 1.90 bits per heavy atom. The van der Waals surface area contributed by atoms with Gasteiger partial charge in [0, 0.05) is 11.6 Å². The fraction of sp³-hybridized carbons (Fsp3) is 0.0769. The first-order valence-electron chi connectivity index (χ1n) is 5.55. The molecule has 0 saturated heterocycles. The molecule has 2 aromatic rings. The standard InChI is InChI=1S/C13H10Cl2FNO2S/c14-8-9-2-1-3-11(6-9)17-20(18,19)13-7-10(16)4-5-12(13)15/h1-7,17H,8H2. The average molecular weight is 334 g/mol. The molecule has 0 heterocycles. The number of nitrogens with one attached hydrogen (secondary N) is 1. The van der Waals surface area contributed by atoms with Crippen molar-refractivity contribution in [1.29, 1.82) is 0 Å². The quantitative estimate of drug-likeness (QED) is 0.859. The van der Waals surface area contributed by atoms with Crippen LogP contribution in [0, 0.1) is 5.82 Å². The largest absolute Gasteiger partial charge is 0.280 e. The highest BCUT2D eigenvalue weighted by Crippen LogP contribution is 2.25. The van der Waals surface area contributed by atoms with Gasteiger partial charge < -0.3 is 0 Å². The van der Waals surface area contributed by atoms with Crippen LogP contribution in [0.1, 0.15) is 5.56 Å². The first kappa shape index (κ1) is 15.1. The van der Waals surface area contributed by atoms with Gasteiger partial charge in [-0.1, -0.05) is 23.7 Å². The summed E-state index contributed by atoms with van der Waals surface area (Å²) in [7, 11) is -3.96. The number of hydrogen-bond donors (Lipinski definition) is 1. The topological polar surface area (TPSA) is 46.2 Å². The zero-order valence-corrected chi connectivity index (χ0v) is 12.4. The van der Waals surface area contributed by atoms with Gasteiger partial charge in [-0.15, -0.1) is 11.6 Å². The molecule has 7 heteroatoms. The van der Waals surface area contributed by atoms with Crippen molar-refractivity contribution in [2.75, 3.05) is 4.72 Å². The SMILES string of the molecule is O=S(=O)(Nc1cccc(CCl)c1)c1cc(F)ccc1Cl. The second-order valence-corrected chi connectivity index (χ2v) is 6.34. The molecule has 0 saturated carbocycles. The Kier molecular flexibility index (Phi) is 4.52. The van der Waals surface area contributed by atoms with Crippen molar-refractivity contribution in [3.05, 3.63) is 58.9 Å². The van der Waals surface area contributed by atoms with Gasteiger partial charge in [-0.3, -0.25) is 4.72 Å². The summed E-state index contributed by atoms with van der Waals surface area (Å²) in [6, 6.07) is 9.76. The normalized spacial score (nSPS) is 11.3. The third-order valence-corrected chi connectivity index (χ3v) is 4.69. The van der Waals surface area contributed by atoms with E-state index >= 15 is 0 Å². The van der Waals surface area contributed by atoms with E-state index in [0.29, 0.717) is 5.69 Å². The highest BCUT2D eigenvalue weighted by atomic mass is 35.5. The van der Waals surface area contributed by atoms with Crippen molar-refractivity contribution in [2.24, 2.45) is 0 Å². The van der Waals surface area contributed by atoms with Gasteiger partial charge in [0.2, 0.25) is 0 Å². The monoisotopic (exact) mass is 333 g/mol. The Hall–Kier alpha value is -1.30. The van der Waals surface area contributed by atoms with Gasteiger partial charge in [-0.05, 0) is 35.9 Å². The van der Waals surface area contributed by atoms with Crippen LogP contribution in [0.3, 0.4) is 0 Å². The average Bonchev–Trinajstić information content (AvgIpc) is 2.41. The lowest BCUT2D eigenvalue weighted by atomic mass is 10.2. The van der Waals surface area contributed by atoms with E-state index in [0.717, 1.165) is 17.7 Å². The summed E-state index contributed by atoms with van der Waals surface area (Å²) in [6.07, 6.45) is 0. The molecule has 0 spiro atoms. The molecule has 1 N–H and O–H groups in total. The first-order chi connectivity index (χ1) is 9.42. The minimum atomic E-state index is -3.96. The van der Waals surface area contributed by atoms with E-state index in [1.54, 1.807) is 24.3 Å². The molecule has 3 nitrogen and oxygen atoms in total. The number of hydrogen-bond acceptors (Lipinski definition) is 2. The summed E-state index contributed by atoms with van der Waals surface area (Å²) in [5, 5.41) is -0.0487. The first-order valence-corrected chi connectivity index (χ1v) is 7.95. The van der Waals surface area contributed by atoms with E-state index in [9.17, 15) is 12.8 Å². The van der Waals surface area contributed by atoms with Crippen molar-refractivity contribution in [3.63, 3.8) is 0 Å². The Balaban J connectivity index is 2.38. The van der Waals surface area contributed by atoms with Crippen molar-refractivity contribution in [2.45, 2.75) is 10.8 Å². The van der Waals surface area contributed by atoms with Gasteiger partial charge in [-0.25, -0.2) is 12.8 Å². The minimum absolute atomic E-state index is 0.0487. The predicted octanol–water partition coefficient (Wildman–Crippen LogP) is 4.02. The van der Waals surface area contributed by atoms with Crippen LogP contribution in [0.25, 0.3) is 0 Å². The van der Waals surface area contributed by atoms with Crippen LogP contribution in [0.4, 0.5) is 10.1 Å². The van der Waals surface area contributed by atoms with E-state index in [1.807, 2.05) is 0 Å². The molecule has 2 aromatic carbocycles. The minimum Gasteiger partial charge on any atom is -0.280 e. The van der Waals surface area contributed by atoms with E-state index < -0.39 is 15.8 Å². The van der Waals surface area contributed by atoms with E-state index in [1.165, 1.54) is 6.07 Å². The summed E-state index contributed by atoms with van der Waals surface area (Å²) in [6.45, 7) is 0. The highest BCUT2D eigenvalue weighted by molar-refractivity contribution is 7.92. The molecular formula is C13H10Cl2FNO2S. The molecular weight excluding hydrogens is 324 g/mol. The van der Waals surface area contributed by atoms with E-state index in [-0.39, 0.29) is 15.8 Å². The fourth-order valence-electron chi connectivity index (χ4n) is 1.61. The summed E-state index contributed by atoms with van der Waals surface area (Å²) < 4.78 is 39.9. The molecule has 0 atom stereocenters. The summed E-state index contributed by atoms with van der Waals surface area (Å²) in [5.41, 5.74) is 1.10. The molecule has 0 fully saturated rings. The van der Waals surface area contributed by atoms with Gasteiger partial charge in [0.25, 0.3) is 10.0 Å². The van der Waals surface area contributed by atoms with Gasteiger partial charge in [0.05, 0.1) is 5.02 Å². The lowest BCUT2D eigenvalue weighted by Crippen LogP contribution is -2.13. The maximum atomic E-state index is 13.2. The molecule has 106 valence electrons. The maximum Gasteiger partial charge on any atom is 0.263 e. The molecule has 0 aliphatic carbocycles. The summed E-state index contributed by atoms with van der Waals surface area (Å²) in [5.74, 6) is -0.416. The van der Waals surface area contributed by atoms with Gasteiger partial charge in [0.15, 0.2) is 0 Å². The lowest BCUT2D eigenvalue weighted by molar-refractivity contribution is 0.595. The van der Waals surface area contributed by atoms with Gasteiger partial charge in [0.1, 0.15) is 10.7 Å². The van der Waals surface area contributed by atoms with E-state index in [4.69, 9.17) is 23.2 Å². The smallest absolute Gasteiger partial charge is 0.263 e. The van der Waals surface area contributed by atoms with Crippen molar-refractivity contribution < 1.29 is 12.8 Å². The summed E-state index contributed by atoms with van der Waals surface area (Å²) in [4.78, 5) is -0.310. The predicted molar refractivity (Wildman–Crippen MR) is 78.2 cm³/mol. The van der Waals surface area contributed by atoms with Crippen LogP contribution >= 0.6 is 23.2 Å². The third kappa shape index (κ3) is 3.42. The maximum absolute atomic E-state index is 13.2. The molecule has 20 heavy (non-hydrogen) atoms. The Bertz CT molecular complexity index is 735. The number of halogens is 3. The Morgan fingerprint density at radius 3 is 2.60 bits per heavy atom. The second-order valence-electron chi connectivity index (χ2n) is 4.01. The summed E-state index contributed by atoms with van der Waals surface area (Å²) >= 11 is 11.5. The molecule has 2 rings (SSSR count). The zero-order valence-electron chi connectivity index (χ0n) is 10.1. The zero-order chi connectivity index (χ0) is 14.8. The number of alkyl halides is 1. The molecule has 0 aliphatic rings. The third-order valence-electron chi connectivity index (χ3n) is 2.52. The number of rotatable bonds is 4. The van der Waals surface area contributed by atoms with Gasteiger partial charge >= 0.3 is 0 Å². The molecule has 0 amide bonds. The van der Waals surface area contributed by atoms with Crippen LogP contribution in [0.2, 0.25) is 5.02 Å². The number of benzene rings is 2. The Labute approximate surface area is 126 Å². The van der Waals surface area contributed by atoms with Crippen molar-refractivity contribution in [1.82, 2.24) is 0 Å². The molecule has 0 unspecified atom stereocenters. The van der Waals surface area contributed by atoms with Crippen LogP contribution in [0.5, 0.6) is 0 Å². The van der Waals surface area contributed by atoms with Crippen LogP contribution in [-0.2, 0) is 15.9 Å². The molecule has 0 aliphatic heterocycles. The highest BCUT2D eigenvalue weighted by Gasteiger charge is 2.19. The van der Waals surface area contributed by atoms with Gasteiger partial charge in [-0.2, -0.15) is 0 Å². The fourth-order valence-corrected chi connectivity index (χ4v) is 3.34. The number of anilines is 1. The van der Waals surface area contributed by atoms with Crippen molar-refractivity contribution in [3.8, 4) is 0 Å². The van der Waals surface area contributed by atoms with E-state index in [2.05, 4.69) is 4.72 Å². The molecule has 0 aromatic heterocycles. The van der Waals surface area contributed by atoms with Crippen LogP contribution in [-0.4, -0.2) is 8.42 Å². The van der Waals surface area contributed by atoms with Crippen LogP contribution in [0.15, 0.2) is 47.4 Å². The molecule has 0 radical (unpaired) electrons. The molecule has 0 bridgehead atoms. The number of sulfonamides is 1. The van der Waals surface area contributed by atoms with Crippen molar-refractivity contribution >= 4 is 38.9 Å². The second kappa shape index (κ2) is 5.99. The lowest BCUT2D eigenvalue weighted by Gasteiger charge is -2.10. The van der Waals surface area contributed by atoms with Crippen LogP contribution < -0.4 is 4.72 Å². The Morgan fingerprint density at radius 1 is 1.15 bits per heavy atom.